The number of hydrogen-bond donors (Lipinski definition) is 2. The number of benzene rings is 1. The van der Waals surface area contributed by atoms with Crippen molar-refractivity contribution in [2.24, 2.45) is 5.41 Å². The topological polar surface area (TPSA) is 75.6 Å². The molecule has 0 spiro atoms. The van der Waals surface area contributed by atoms with Gasteiger partial charge >= 0.3 is 5.97 Å². The second kappa shape index (κ2) is 5.20. The number of carbonyl (C=O) groups is 2. The van der Waals surface area contributed by atoms with Gasteiger partial charge in [-0.25, -0.2) is 4.39 Å². The number of amides is 1. The monoisotopic (exact) mass is 281 g/mol. The summed E-state index contributed by atoms with van der Waals surface area (Å²) in [5.41, 5.74) is -0.562. The normalized spacial score (nSPS) is 25.4. The predicted octanol–water partition coefficient (Wildman–Crippen LogP) is 1.35. The van der Waals surface area contributed by atoms with Crippen molar-refractivity contribution in [3.63, 3.8) is 0 Å². The number of nitrogens with one attached hydrogen (secondary N) is 1. The molecule has 1 aliphatic rings. The minimum atomic E-state index is -1.17. The Bertz CT molecular complexity index is 560. The number of aryl methyl sites for hydroxylation is 1. The van der Waals surface area contributed by atoms with Crippen LogP contribution >= 0.6 is 0 Å². The van der Waals surface area contributed by atoms with Crippen molar-refractivity contribution in [2.75, 3.05) is 13.2 Å². The number of halogens is 1. The Morgan fingerprint density at radius 3 is 2.80 bits per heavy atom. The lowest BCUT2D eigenvalue weighted by Gasteiger charge is -2.25. The summed E-state index contributed by atoms with van der Waals surface area (Å²) in [5, 5.41) is 11.8. The van der Waals surface area contributed by atoms with E-state index in [0.717, 1.165) is 6.07 Å². The van der Waals surface area contributed by atoms with Crippen molar-refractivity contribution in [3.05, 3.63) is 35.1 Å². The molecule has 1 heterocycles. The summed E-state index contributed by atoms with van der Waals surface area (Å²) in [6, 6.07) is 3.50. The summed E-state index contributed by atoms with van der Waals surface area (Å²) < 4.78 is 18.6. The number of aliphatic carboxylic acids is 1. The van der Waals surface area contributed by atoms with E-state index in [0.29, 0.717) is 5.56 Å². The van der Waals surface area contributed by atoms with Crippen LogP contribution in [0.25, 0.3) is 0 Å². The van der Waals surface area contributed by atoms with E-state index in [4.69, 9.17) is 4.74 Å². The second-order valence-electron chi connectivity index (χ2n) is 5.23. The van der Waals surface area contributed by atoms with E-state index in [1.807, 2.05) is 0 Å². The van der Waals surface area contributed by atoms with Crippen LogP contribution in [-0.4, -0.2) is 36.2 Å². The molecule has 2 unspecified atom stereocenters. The van der Waals surface area contributed by atoms with E-state index in [9.17, 15) is 19.1 Å². The second-order valence-corrected chi connectivity index (χ2v) is 5.23. The zero-order valence-corrected chi connectivity index (χ0v) is 11.3. The van der Waals surface area contributed by atoms with Crippen molar-refractivity contribution >= 4 is 11.9 Å². The number of carbonyl (C=O) groups excluding carboxylic acids is 1. The Kier molecular flexibility index (Phi) is 3.76. The first-order valence-corrected chi connectivity index (χ1v) is 6.23. The first-order valence-electron chi connectivity index (χ1n) is 6.23. The molecule has 0 aliphatic carbocycles. The molecule has 1 aromatic rings. The smallest absolute Gasteiger partial charge is 0.313 e. The molecule has 5 nitrogen and oxygen atoms in total. The lowest BCUT2D eigenvalue weighted by Crippen LogP contribution is -2.49. The summed E-state index contributed by atoms with van der Waals surface area (Å²) in [4.78, 5) is 23.3. The standard InChI is InChI=1S/C14H16FNO4/c1-8-3-4-9(5-10(8)15)12(17)16-11-6-20-7-14(11,2)13(18)19/h3-5,11H,6-7H2,1-2H3,(H,16,17)(H,18,19). The molecule has 1 fully saturated rings. The highest BCUT2D eigenvalue weighted by Crippen LogP contribution is 2.29. The van der Waals surface area contributed by atoms with Gasteiger partial charge in [-0.3, -0.25) is 9.59 Å². The molecule has 108 valence electrons. The predicted molar refractivity (Wildman–Crippen MR) is 69.0 cm³/mol. The van der Waals surface area contributed by atoms with E-state index in [1.165, 1.54) is 19.1 Å². The Morgan fingerprint density at radius 1 is 1.50 bits per heavy atom. The largest absolute Gasteiger partial charge is 0.481 e. The fourth-order valence-corrected chi connectivity index (χ4v) is 2.06. The molecule has 1 saturated heterocycles. The van der Waals surface area contributed by atoms with Gasteiger partial charge in [0.15, 0.2) is 0 Å². The Morgan fingerprint density at radius 2 is 2.20 bits per heavy atom. The van der Waals surface area contributed by atoms with Gasteiger partial charge in [0.2, 0.25) is 0 Å². The van der Waals surface area contributed by atoms with Gasteiger partial charge in [-0.15, -0.1) is 0 Å². The van der Waals surface area contributed by atoms with E-state index >= 15 is 0 Å². The average molecular weight is 281 g/mol. The Balaban J connectivity index is 2.15. The van der Waals surface area contributed by atoms with Gasteiger partial charge in [0.05, 0.1) is 19.3 Å². The van der Waals surface area contributed by atoms with Gasteiger partial charge in [0.1, 0.15) is 11.2 Å². The number of ether oxygens (including phenoxy) is 1. The maximum Gasteiger partial charge on any atom is 0.313 e. The van der Waals surface area contributed by atoms with Crippen LogP contribution in [0.1, 0.15) is 22.8 Å². The SMILES string of the molecule is Cc1ccc(C(=O)NC2COCC2(C)C(=O)O)cc1F. The minimum Gasteiger partial charge on any atom is -0.481 e. The maximum atomic E-state index is 13.4. The molecule has 20 heavy (non-hydrogen) atoms. The summed E-state index contributed by atoms with van der Waals surface area (Å²) in [6.07, 6.45) is 0. The maximum absolute atomic E-state index is 13.4. The van der Waals surface area contributed by atoms with Gasteiger partial charge < -0.3 is 15.2 Å². The van der Waals surface area contributed by atoms with Gasteiger partial charge in [0, 0.05) is 5.56 Å². The van der Waals surface area contributed by atoms with Crippen molar-refractivity contribution in [1.29, 1.82) is 0 Å². The van der Waals surface area contributed by atoms with Crippen LogP contribution in [-0.2, 0) is 9.53 Å². The van der Waals surface area contributed by atoms with Crippen LogP contribution in [0, 0.1) is 18.2 Å². The van der Waals surface area contributed by atoms with Gasteiger partial charge in [-0.05, 0) is 31.5 Å². The zero-order chi connectivity index (χ0) is 14.9. The summed E-state index contributed by atoms with van der Waals surface area (Å²) >= 11 is 0. The van der Waals surface area contributed by atoms with Crippen molar-refractivity contribution < 1.29 is 23.8 Å². The highest BCUT2D eigenvalue weighted by molar-refractivity contribution is 5.95. The van der Waals surface area contributed by atoms with Crippen molar-refractivity contribution in [1.82, 2.24) is 5.32 Å². The molecular weight excluding hydrogens is 265 g/mol. The number of rotatable bonds is 3. The number of hydrogen-bond acceptors (Lipinski definition) is 3. The molecule has 0 radical (unpaired) electrons. The quantitative estimate of drug-likeness (QED) is 0.877. The van der Waals surface area contributed by atoms with Crippen LogP contribution in [0.2, 0.25) is 0 Å². The van der Waals surface area contributed by atoms with E-state index in [2.05, 4.69) is 5.32 Å². The van der Waals surface area contributed by atoms with Crippen LogP contribution in [0.3, 0.4) is 0 Å². The van der Waals surface area contributed by atoms with Crippen molar-refractivity contribution in [2.45, 2.75) is 19.9 Å². The van der Waals surface area contributed by atoms with E-state index in [1.54, 1.807) is 6.92 Å². The third-order valence-corrected chi connectivity index (χ3v) is 3.68. The van der Waals surface area contributed by atoms with Gasteiger partial charge in [-0.2, -0.15) is 0 Å². The molecule has 6 heteroatoms. The van der Waals surface area contributed by atoms with Gasteiger partial charge in [0.25, 0.3) is 5.91 Å². The van der Waals surface area contributed by atoms with Crippen LogP contribution < -0.4 is 5.32 Å². The lowest BCUT2D eigenvalue weighted by molar-refractivity contribution is -0.148. The average Bonchev–Trinajstić information content (AvgIpc) is 2.75. The number of carboxylic acid groups (broad SMARTS) is 1. The third-order valence-electron chi connectivity index (χ3n) is 3.68. The van der Waals surface area contributed by atoms with E-state index < -0.39 is 29.2 Å². The molecule has 0 aromatic heterocycles. The Hall–Kier alpha value is -1.95. The van der Waals surface area contributed by atoms with Crippen LogP contribution in [0.15, 0.2) is 18.2 Å². The van der Waals surface area contributed by atoms with Crippen LogP contribution in [0.5, 0.6) is 0 Å². The molecule has 0 bridgehead atoms. The molecule has 2 atom stereocenters. The molecule has 1 aromatic carbocycles. The number of carboxylic acids is 1. The lowest BCUT2D eigenvalue weighted by atomic mass is 9.85. The fourth-order valence-electron chi connectivity index (χ4n) is 2.06. The minimum absolute atomic E-state index is 0.0372. The third kappa shape index (κ3) is 2.51. The fraction of sp³-hybridized carbons (Fsp3) is 0.429. The van der Waals surface area contributed by atoms with E-state index in [-0.39, 0.29) is 18.8 Å². The summed E-state index contributed by atoms with van der Waals surface area (Å²) in [5.74, 6) is -2.01. The molecule has 2 N–H and O–H groups in total. The summed E-state index contributed by atoms with van der Waals surface area (Å²) in [7, 11) is 0. The van der Waals surface area contributed by atoms with Crippen LogP contribution in [0.4, 0.5) is 4.39 Å². The first kappa shape index (κ1) is 14.5. The highest BCUT2D eigenvalue weighted by Gasteiger charge is 2.47. The van der Waals surface area contributed by atoms with Crippen molar-refractivity contribution in [3.8, 4) is 0 Å². The molecular formula is C14H16FNO4. The summed E-state index contributed by atoms with van der Waals surface area (Å²) in [6.45, 7) is 3.28. The highest BCUT2D eigenvalue weighted by atomic mass is 19.1. The zero-order valence-electron chi connectivity index (χ0n) is 11.3. The Labute approximate surface area is 115 Å². The molecule has 1 amide bonds. The van der Waals surface area contributed by atoms with Gasteiger partial charge in [-0.1, -0.05) is 6.07 Å². The molecule has 0 saturated carbocycles. The molecule has 2 rings (SSSR count). The molecule has 1 aliphatic heterocycles. The first-order chi connectivity index (χ1) is 9.34.